The normalized spacial score (nSPS) is 25.2. The molecule has 0 saturated carbocycles. The molecular formula is C13H21N3O2. The summed E-state index contributed by atoms with van der Waals surface area (Å²) in [5.74, 6) is -0.826. The Morgan fingerprint density at radius 2 is 2.39 bits per heavy atom. The maximum Gasteiger partial charge on any atom is 0.306 e. The van der Waals surface area contributed by atoms with Crippen LogP contribution in [0.2, 0.25) is 0 Å². The lowest BCUT2D eigenvalue weighted by Crippen LogP contribution is -2.42. The van der Waals surface area contributed by atoms with E-state index in [2.05, 4.69) is 28.3 Å². The van der Waals surface area contributed by atoms with Crippen molar-refractivity contribution in [2.24, 2.45) is 5.92 Å². The van der Waals surface area contributed by atoms with Crippen LogP contribution in [-0.4, -0.2) is 38.1 Å². The minimum absolute atomic E-state index is 0.174. The molecule has 2 heterocycles. The molecule has 1 N–H and O–H groups in total. The van der Waals surface area contributed by atoms with Gasteiger partial charge in [0.1, 0.15) is 0 Å². The topological polar surface area (TPSA) is 58.4 Å². The van der Waals surface area contributed by atoms with Gasteiger partial charge in [-0.2, -0.15) is 0 Å². The zero-order chi connectivity index (χ0) is 13.1. The summed E-state index contributed by atoms with van der Waals surface area (Å²) in [6.45, 7) is 6.86. The Labute approximate surface area is 107 Å². The fourth-order valence-electron chi connectivity index (χ4n) is 2.65. The summed E-state index contributed by atoms with van der Waals surface area (Å²) in [5, 5.41) is 9.05. The minimum Gasteiger partial charge on any atom is -0.481 e. The van der Waals surface area contributed by atoms with Crippen LogP contribution in [-0.2, 0) is 17.9 Å². The molecule has 5 nitrogen and oxygen atoms in total. The van der Waals surface area contributed by atoms with Gasteiger partial charge in [-0.15, -0.1) is 0 Å². The van der Waals surface area contributed by atoms with E-state index in [0.717, 1.165) is 32.5 Å². The van der Waals surface area contributed by atoms with E-state index in [-0.39, 0.29) is 5.92 Å². The average molecular weight is 251 g/mol. The van der Waals surface area contributed by atoms with E-state index in [1.807, 2.05) is 12.5 Å². The van der Waals surface area contributed by atoms with Crippen LogP contribution in [0.15, 0.2) is 12.5 Å². The number of imidazole rings is 1. The molecule has 0 bridgehead atoms. The Bertz CT molecular complexity index is 416. The van der Waals surface area contributed by atoms with E-state index < -0.39 is 5.97 Å². The quantitative estimate of drug-likeness (QED) is 0.883. The van der Waals surface area contributed by atoms with Crippen LogP contribution in [0.1, 0.15) is 32.4 Å². The van der Waals surface area contributed by atoms with Gasteiger partial charge in [-0.25, -0.2) is 4.98 Å². The lowest BCUT2D eigenvalue weighted by Gasteiger charge is -2.36. The Morgan fingerprint density at radius 1 is 1.61 bits per heavy atom. The van der Waals surface area contributed by atoms with Crippen LogP contribution in [0, 0.1) is 5.92 Å². The van der Waals surface area contributed by atoms with Crippen molar-refractivity contribution in [2.45, 2.75) is 45.8 Å². The monoisotopic (exact) mass is 251 g/mol. The van der Waals surface area contributed by atoms with Crippen molar-refractivity contribution in [1.29, 1.82) is 0 Å². The van der Waals surface area contributed by atoms with E-state index in [0.29, 0.717) is 6.04 Å². The van der Waals surface area contributed by atoms with Crippen LogP contribution in [0.5, 0.6) is 0 Å². The number of carbonyl (C=O) groups is 1. The summed E-state index contributed by atoms with van der Waals surface area (Å²) in [4.78, 5) is 17.5. The molecule has 0 radical (unpaired) electrons. The summed E-state index contributed by atoms with van der Waals surface area (Å²) in [6.07, 6.45) is 5.25. The second kappa shape index (κ2) is 5.52. The number of carboxylic acids is 1. The molecule has 100 valence electrons. The molecule has 2 rings (SSSR count). The molecule has 18 heavy (non-hydrogen) atoms. The second-order valence-electron chi connectivity index (χ2n) is 5.05. The van der Waals surface area contributed by atoms with E-state index in [9.17, 15) is 4.79 Å². The Kier molecular flexibility index (Phi) is 4.01. The van der Waals surface area contributed by atoms with Crippen LogP contribution in [0.3, 0.4) is 0 Å². The molecule has 1 saturated heterocycles. The number of aliphatic carboxylic acids is 1. The maximum atomic E-state index is 11.0. The van der Waals surface area contributed by atoms with Crippen LogP contribution >= 0.6 is 0 Å². The number of nitrogens with zero attached hydrogens (tertiary/aromatic N) is 3. The molecule has 1 aromatic heterocycles. The summed E-state index contributed by atoms with van der Waals surface area (Å²) in [5.41, 5.74) is 1.21. The van der Waals surface area contributed by atoms with E-state index in [4.69, 9.17) is 5.11 Å². The summed E-state index contributed by atoms with van der Waals surface area (Å²) >= 11 is 0. The number of aryl methyl sites for hydroxylation is 1. The molecule has 2 unspecified atom stereocenters. The first kappa shape index (κ1) is 13.1. The number of hydrogen-bond donors (Lipinski definition) is 1. The van der Waals surface area contributed by atoms with Gasteiger partial charge in [0.15, 0.2) is 0 Å². The highest BCUT2D eigenvalue weighted by Crippen LogP contribution is 2.24. The molecule has 2 atom stereocenters. The molecule has 0 spiro atoms. The van der Waals surface area contributed by atoms with Gasteiger partial charge in [-0.3, -0.25) is 9.69 Å². The molecule has 0 aliphatic carbocycles. The molecule has 0 aromatic carbocycles. The molecule has 1 aliphatic rings. The van der Waals surface area contributed by atoms with Crippen molar-refractivity contribution in [2.75, 3.05) is 6.54 Å². The van der Waals surface area contributed by atoms with Gasteiger partial charge < -0.3 is 9.67 Å². The standard InChI is InChI=1S/C13H21N3O2/c1-3-15-9-14-7-12(15)8-16-5-4-11(13(17)18)6-10(16)2/h7,9-11H,3-6,8H2,1-2H3,(H,17,18). The number of piperidine rings is 1. The first-order valence-electron chi connectivity index (χ1n) is 6.57. The maximum absolute atomic E-state index is 11.0. The van der Waals surface area contributed by atoms with Gasteiger partial charge in [0, 0.05) is 25.3 Å². The third-order valence-electron chi connectivity index (χ3n) is 3.87. The molecule has 1 aromatic rings. The van der Waals surface area contributed by atoms with E-state index in [1.54, 1.807) is 0 Å². The zero-order valence-electron chi connectivity index (χ0n) is 11.0. The SMILES string of the molecule is CCn1cncc1CN1CCC(C(=O)O)CC1C. The fourth-order valence-corrected chi connectivity index (χ4v) is 2.65. The van der Waals surface area contributed by atoms with Crippen molar-refractivity contribution in [3.8, 4) is 0 Å². The summed E-state index contributed by atoms with van der Waals surface area (Å²) in [7, 11) is 0. The van der Waals surface area contributed by atoms with Crippen molar-refractivity contribution < 1.29 is 9.90 Å². The van der Waals surface area contributed by atoms with Gasteiger partial charge >= 0.3 is 5.97 Å². The zero-order valence-corrected chi connectivity index (χ0v) is 11.0. The number of likely N-dealkylation sites (tertiary alicyclic amines) is 1. The van der Waals surface area contributed by atoms with Gasteiger partial charge in [0.25, 0.3) is 0 Å². The third kappa shape index (κ3) is 2.72. The van der Waals surface area contributed by atoms with Gasteiger partial charge in [-0.05, 0) is 33.2 Å². The fraction of sp³-hybridized carbons (Fsp3) is 0.692. The number of hydrogen-bond acceptors (Lipinski definition) is 3. The summed E-state index contributed by atoms with van der Waals surface area (Å²) in [6, 6.07) is 0.319. The Hall–Kier alpha value is -1.36. The van der Waals surface area contributed by atoms with E-state index in [1.165, 1.54) is 5.69 Å². The van der Waals surface area contributed by atoms with E-state index >= 15 is 0 Å². The van der Waals surface area contributed by atoms with Crippen molar-refractivity contribution in [3.63, 3.8) is 0 Å². The van der Waals surface area contributed by atoms with Crippen LogP contribution in [0.4, 0.5) is 0 Å². The highest BCUT2D eigenvalue weighted by Gasteiger charge is 2.29. The lowest BCUT2D eigenvalue weighted by molar-refractivity contribution is -0.144. The highest BCUT2D eigenvalue weighted by atomic mass is 16.4. The molecule has 0 amide bonds. The molecule has 1 fully saturated rings. The Morgan fingerprint density at radius 3 is 3.00 bits per heavy atom. The second-order valence-corrected chi connectivity index (χ2v) is 5.05. The smallest absolute Gasteiger partial charge is 0.306 e. The first-order valence-corrected chi connectivity index (χ1v) is 6.57. The molecular weight excluding hydrogens is 230 g/mol. The minimum atomic E-state index is -0.653. The Balaban J connectivity index is 1.97. The van der Waals surface area contributed by atoms with Crippen molar-refractivity contribution >= 4 is 5.97 Å². The summed E-state index contributed by atoms with van der Waals surface area (Å²) < 4.78 is 2.13. The predicted octanol–water partition coefficient (Wildman–Crippen LogP) is 1.59. The van der Waals surface area contributed by atoms with Gasteiger partial charge in [0.05, 0.1) is 17.9 Å². The van der Waals surface area contributed by atoms with Crippen LogP contribution < -0.4 is 0 Å². The van der Waals surface area contributed by atoms with Crippen molar-refractivity contribution in [1.82, 2.24) is 14.5 Å². The largest absolute Gasteiger partial charge is 0.481 e. The van der Waals surface area contributed by atoms with Crippen molar-refractivity contribution in [3.05, 3.63) is 18.2 Å². The highest BCUT2D eigenvalue weighted by molar-refractivity contribution is 5.70. The molecule has 1 aliphatic heterocycles. The molecule has 5 heteroatoms. The number of rotatable bonds is 4. The van der Waals surface area contributed by atoms with Gasteiger partial charge in [-0.1, -0.05) is 0 Å². The predicted molar refractivity (Wildman–Crippen MR) is 68.1 cm³/mol. The third-order valence-corrected chi connectivity index (χ3v) is 3.87. The number of aromatic nitrogens is 2. The first-order chi connectivity index (χ1) is 8.61. The average Bonchev–Trinajstić information content (AvgIpc) is 2.78. The number of carboxylic acid groups (broad SMARTS) is 1. The lowest BCUT2D eigenvalue weighted by atomic mass is 9.91. The van der Waals surface area contributed by atoms with Crippen LogP contribution in [0.25, 0.3) is 0 Å². The van der Waals surface area contributed by atoms with Gasteiger partial charge in [0.2, 0.25) is 0 Å².